The molecule has 1 aromatic carbocycles. The summed E-state index contributed by atoms with van der Waals surface area (Å²) in [7, 11) is 0. The fourth-order valence-electron chi connectivity index (χ4n) is 2.56. The highest BCUT2D eigenvalue weighted by molar-refractivity contribution is 5.92. The zero-order valence-corrected chi connectivity index (χ0v) is 14.0. The number of halogens is 6. The minimum absolute atomic E-state index is 0.000532. The van der Waals surface area contributed by atoms with Gasteiger partial charge in [-0.05, 0) is 23.8 Å². The number of hydrogen-bond donors (Lipinski definition) is 1. The second kappa shape index (κ2) is 7.14. The quantitative estimate of drug-likeness (QED) is 0.653. The molecule has 2 aromatic heterocycles. The van der Waals surface area contributed by atoms with E-state index < -0.39 is 47.3 Å². The first kappa shape index (κ1) is 20.2. The monoisotopic (exact) mass is 417 g/mol. The molecule has 0 atom stereocenters. The van der Waals surface area contributed by atoms with Crippen molar-refractivity contribution in [2.75, 3.05) is 0 Å². The number of rotatable bonds is 4. The maximum Gasteiger partial charge on any atom is 0.416 e. The standard InChI is InChI=1S/C16H9F6N5O2/c17-15(18,19)10-1-8(2-11(3-10)16(20,21)22)6-27-13(9-4-23-7-24-5-9)12(14(28)29)25-26-27/h1-5,7H,6H2,(H,28,29). The number of carboxylic acid groups (broad SMARTS) is 1. The number of benzene rings is 1. The highest BCUT2D eigenvalue weighted by Crippen LogP contribution is 2.36. The lowest BCUT2D eigenvalue weighted by Crippen LogP contribution is -2.13. The molecule has 2 heterocycles. The summed E-state index contributed by atoms with van der Waals surface area (Å²) in [4.78, 5) is 18.8. The fourth-order valence-corrected chi connectivity index (χ4v) is 2.56. The van der Waals surface area contributed by atoms with Crippen LogP contribution < -0.4 is 0 Å². The van der Waals surface area contributed by atoms with Crippen LogP contribution in [0.25, 0.3) is 11.3 Å². The van der Waals surface area contributed by atoms with Gasteiger partial charge in [0.15, 0.2) is 5.69 Å². The maximum absolute atomic E-state index is 13.0. The van der Waals surface area contributed by atoms with Gasteiger partial charge in [-0.2, -0.15) is 26.3 Å². The molecule has 3 rings (SSSR count). The van der Waals surface area contributed by atoms with E-state index >= 15 is 0 Å². The molecule has 0 aliphatic rings. The van der Waals surface area contributed by atoms with E-state index in [1.165, 1.54) is 12.4 Å². The molecule has 0 aliphatic heterocycles. The third kappa shape index (κ3) is 4.33. The van der Waals surface area contributed by atoms with Crippen LogP contribution in [0.3, 0.4) is 0 Å². The van der Waals surface area contributed by atoms with Crippen molar-refractivity contribution < 1.29 is 36.2 Å². The molecule has 0 amide bonds. The van der Waals surface area contributed by atoms with Crippen molar-refractivity contribution in [1.82, 2.24) is 25.0 Å². The van der Waals surface area contributed by atoms with Gasteiger partial charge in [0.05, 0.1) is 17.7 Å². The number of alkyl halides is 6. The number of nitrogens with zero attached hydrogens (tertiary/aromatic N) is 5. The summed E-state index contributed by atoms with van der Waals surface area (Å²) in [6.45, 7) is -0.600. The van der Waals surface area contributed by atoms with Gasteiger partial charge in [0.1, 0.15) is 12.0 Å². The molecular formula is C16H9F6N5O2. The first-order chi connectivity index (χ1) is 13.5. The van der Waals surface area contributed by atoms with E-state index in [9.17, 15) is 36.2 Å². The lowest BCUT2D eigenvalue weighted by molar-refractivity contribution is -0.143. The zero-order valence-electron chi connectivity index (χ0n) is 14.0. The summed E-state index contributed by atoms with van der Waals surface area (Å²) in [5, 5.41) is 16.3. The van der Waals surface area contributed by atoms with E-state index in [1.807, 2.05) is 0 Å². The van der Waals surface area contributed by atoms with E-state index in [0.29, 0.717) is 12.1 Å². The molecule has 0 bridgehead atoms. The molecule has 0 saturated heterocycles. The second-order valence-corrected chi connectivity index (χ2v) is 5.79. The number of aromatic nitrogens is 5. The molecule has 13 heteroatoms. The van der Waals surface area contributed by atoms with Crippen LogP contribution in [0.5, 0.6) is 0 Å². The summed E-state index contributed by atoms with van der Waals surface area (Å²) < 4.78 is 79.1. The van der Waals surface area contributed by atoms with Crippen molar-refractivity contribution in [3.05, 3.63) is 59.3 Å². The summed E-state index contributed by atoms with van der Waals surface area (Å²) in [5.74, 6) is -1.49. The number of carboxylic acids is 1. The van der Waals surface area contributed by atoms with Crippen molar-refractivity contribution in [2.45, 2.75) is 18.9 Å². The van der Waals surface area contributed by atoms with E-state index in [0.717, 1.165) is 11.0 Å². The Morgan fingerprint density at radius 1 is 0.966 bits per heavy atom. The zero-order chi connectivity index (χ0) is 21.4. The van der Waals surface area contributed by atoms with Crippen molar-refractivity contribution in [2.24, 2.45) is 0 Å². The van der Waals surface area contributed by atoms with Gasteiger partial charge in [0, 0.05) is 18.0 Å². The van der Waals surface area contributed by atoms with Crippen molar-refractivity contribution >= 4 is 5.97 Å². The van der Waals surface area contributed by atoms with Crippen LogP contribution in [0.4, 0.5) is 26.3 Å². The van der Waals surface area contributed by atoms with Gasteiger partial charge in [-0.25, -0.2) is 19.4 Å². The van der Waals surface area contributed by atoms with E-state index in [4.69, 9.17) is 0 Å². The maximum atomic E-state index is 13.0. The number of hydrogen-bond acceptors (Lipinski definition) is 5. The van der Waals surface area contributed by atoms with Crippen molar-refractivity contribution in [1.29, 1.82) is 0 Å². The Hall–Kier alpha value is -3.51. The van der Waals surface area contributed by atoms with Gasteiger partial charge in [-0.3, -0.25) is 0 Å². The smallest absolute Gasteiger partial charge is 0.416 e. The van der Waals surface area contributed by atoms with E-state index in [-0.39, 0.29) is 17.3 Å². The van der Waals surface area contributed by atoms with Gasteiger partial charge in [0.25, 0.3) is 0 Å². The molecule has 0 spiro atoms. The largest absolute Gasteiger partial charge is 0.476 e. The normalized spacial score (nSPS) is 12.2. The summed E-state index contributed by atoms with van der Waals surface area (Å²) in [6, 6.07) is 1.06. The predicted molar refractivity (Wildman–Crippen MR) is 83.6 cm³/mol. The van der Waals surface area contributed by atoms with Crippen LogP contribution in [0.1, 0.15) is 27.2 Å². The third-order valence-corrected chi connectivity index (χ3v) is 3.75. The molecule has 3 aromatic rings. The third-order valence-electron chi connectivity index (χ3n) is 3.75. The Labute approximate surface area is 157 Å². The molecule has 7 nitrogen and oxygen atoms in total. The van der Waals surface area contributed by atoms with Crippen LogP contribution >= 0.6 is 0 Å². The van der Waals surface area contributed by atoms with Gasteiger partial charge in [-0.1, -0.05) is 5.21 Å². The summed E-state index contributed by atoms with van der Waals surface area (Å²) in [5.41, 5.74) is -3.98. The summed E-state index contributed by atoms with van der Waals surface area (Å²) >= 11 is 0. The SMILES string of the molecule is O=C(O)c1nnn(Cc2cc(C(F)(F)F)cc(C(F)(F)F)c2)c1-c1cncnc1. The first-order valence-electron chi connectivity index (χ1n) is 7.67. The average molecular weight is 417 g/mol. The molecular weight excluding hydrogens is 408 g/mol. The predicted octanol–water partition coefficient (Wildman–Crippen LogP) is 3.52. The minimum atomic E-state index is -5.01. The van der Waals surface area contributed by atoms with Crippen LogP contribution in [0.2, 0.25) is 0 Å². The lowest BCUT2D eigenvalue weighted by atomic mass is 10.0. The van der Waals surface area contributed by atoms with Crippen LogP contribution in [0.15, 0.2) is 36.9 Å². The average Bonchev–Trinajstić information content (AvgIpc) is 3.04. The van der Waals surface area contributed by atoms with Gasteiger partial charge < -0.3 is 5.11 Å². The number of carbonyl (C=O) groups is 1. The van der Waals surface area contributed by atoms with E-state index in [1.54, 1.807) is 0 Å². The first-order valence-corrected chi connectivity index (χ1v) is 7.67. The topological polar surface area (TPSA) is 93.8 Å². The van der Waals surface area contributed by atoms with Gasteiger partial charge in [0.2, 0.25) is 0 Å². The van der Waals surface area contributed by atoms with Crippen molar-refractivity contribution in [3.8, 4) is 11.3 Å². The Bertz CT molecular complexity index is 1010. The Morgan fingerprint density at radius 3 is 2.00 bits per heavy atom. The molecule has 0 saturated carbocycles. The molecule has 0 fully saturated rings. The molecule has 0 radical (unpaired) electrons. The molecule has 152 valence electrons. The molecule has 1 N–H and O–H groups in total. The minimum Gasteiger partial charge on any atom is -0.476 e. The molecule has 29 heavy (non-hydrogen) atoms. The molecule has 0 aliphatic carbocycles. The highest BCUT2D eigenvalue weighted by Gasteiger charge is 2.37. The second-order valence-electron chi connectivity index (χ2n) is 5.79. The highest BCUT2D eigenvalue weighted by atomic mass is 19.4. The fraction of sp³-hybridized carbons (Fsp3) is 0.188. The summed E-state index contributed by atoms with van der Waals surface area (Å²) in [6.07, 6.45) is -6.45. The van der Waals surface area contributed by atoms with E-state index in [2.05, 4.69) is 20.3 Å². The van der Waals surface area contributed by atoms with Gasteiger partial charge >= 0.3 is 18.3 Å². The van der Waals surface area contributed by atoms with Crippen LogP contribution in [0, 0.1) is 0 Å². The van der Waals surface area contributed by atoms with Crippen LogP contribution in [-0.2, 0) is 18.9 Å². The Kier molecular flexibility index (Phi) is 4.98. The Balaban J connectivity index is 2.12. The molecule has 0 unspecified atom stereocenters. The lowest BCUT2D eigenvalue weighted by Gasteiger charge is -2.15. The van der Waals surface area contributed by atoms with Crippen LogP contribution in [-0.4, -0.2) is 36.0 Å². The van der Waals surface area contributed by atoms with Gasteiger partial charge in [-0.15, -0.1) is 5.10 Å². The van der Waals surface area contributed by atoms with Crippen molar-refractivity contribution in [3.63, 3.8) is 0 Å². The number of aromatic carboxylic acids is 1. The Morgan fingerprint density at radius 2 is 1.52 bits per heavy atom.